The Morgan fingerprint density at radius 3 is 2.52 bits per heavy atom. The Labute approximate surface area is 150 Å². The molecule has 1 atom stereocenters. The van der Waals surface area contributed by atoms with E-state index in [1.54, 1.807) is 4.90 Å². The Morgan fingerprint density at radius 2 is 1.92 bits per heavy atom. The van der Waals surface area contributed by atoms with Crippen LogP contribution in [-0.2, 0) is 4.74 Å². The highest BCUT2D eigenvalue weighted by atomic mass is 16.6. The molecule has 1 aromatic rings. The van der Waals surface area contributed by atoms with Crippen molar-refractivity contribution in [3.05, 3.63) is 23.9 Å². The molecule has 1 unspecified atom stereocenters. The molecule has 25 heavy (non-hydrogen) atoms. The number of pyridine rings is 1. The fourth-order valence-corrected chi connectivity index (χ4v) is 3.66. The smallest absolute Gasteiger partial charge is 0.410 e. The van der Waals surface area contributed by atoms with Gasteiger partial charge in [0.2, 0.25) is 0 Å². The molecule has 138 valence electrons. The van der Waals surface area contributed by atoms with Crippen LogP contribution in [0.3, 0.4) is 0 Å². The van der Waals surface area contributed by atoms with Gasteiger partial charge < -0.3 is 14.5 Å². The molecular weight excluding hydrogens is 316 g/mol. The average molecular weight is 346 g/mol. The molecule has 1 aromatic heterocycles. The number of hydrogen-bond acceptors (Lipinski definition) is 5. The van der Waals surface area contributed by atoms with Gasteiger partial charge in [0.15, 0.2) is 0 Å². The number of nitrogens with zero attached hydrogens (tertiary/aromatic N) is 4. The molecule has 0 radical (unpaired) electrons. The second-order valence-corrected chi connectivity index (χ2v) is 8.01. The molecule has 0 bridgehead atoms. The molecule has 0 saturated carbocycles. The minimum absolute atomic E-state index is 0.219. The van der Waals surface area contributed by atoms with E-state index in [1.807, 2.05) is 33.0 Å². The fourth-order valence-electron chi connectivity index (χ4n) is 3.66. The quantitative estimate of drug-likeness (QED) is 0.824. The van der Waals surface area contributed by atoms with Gasteiger partial charge in [-0.25, -0.2) is 9.78 Å². The summed E-state index contributed by atoms with van der Waals surface area (Å²) in [7, 11) is 2.19. The van der Waals surface area contributed by atoms with Crippen LogP contribution in [0, 0.1) is 0 Å². The van der Waals surface area contributed by atoms with Gasteiger partial charge in [-0.05, 0) is 53.3 Å². The maximum absolute atomic E-state index is 12.2. The molecular formula is C19H30N4O2. The number of rotatable bonds is 2. The first-order valence-electron chi connectivity index (χ1n) is 9.23. The topological polar surface area (TPSA) is 48.9 Å². The lowest BCUT2D eigenvalue weighted by Gasteiger charge is -2.37. The van der Waals surface area contributed by atoms with E-state index in [0.717, 1.165) is 25.5 Å². The van der Waals surface area contributed by atoms with Crippen LogP contribution in [0.5, 0.6) is 0 Å². The molecule has 0 aromatic carbocycles. The highest BCUT2D eigenvalue weighted by molar-refractivity contribution is 5.68. The number of carbonyl (C=O) groups excluding carboxylic acids is 1. The number of carbonyl (C=O) groups is 1. The summed E-state index contributed by atoms with van der Waals surface area (Å²) in [5, 5.41) is 0. The predicted octanol–water partition coefficient (Wildman–Crippen LogP) is 2.91. The fraction of sp³-hybridized carbons (Fsp3) is 0.684. The maximum Gasteiger partial charge on any atom is 0.410 e. The van der Waals surface area contributed by atoms with Crippen molar-refractivity contribution in [2.24, 2.45) is 0 Å². The lowest BCUT2D eigenvalue weighted by molar-refractivity contribution is 0.0240. The molecule has 3 heterocycles. The van der Waals surface area contributed by atoms with Gasteiger partial charge in [0.1, 0.15) is 11.4 Å². The zero-order valence-electron chi connectivity index (χ0n) is 15.9. The number of ether oxygens (including phenoxy) is 1. The summed E-state index contributed by atoms with van der Waals surface area (Å²) in [4.78, 5) is 23.4. The second kappa shape index (κ2) is 7.20. The Balaban J connectivity index is 1.67. The monoisotopic (exact) mass is 346 g/mol. The first-order chi connectivity index (χ1) is 11.8. The van der Waals surface area contributed by atoms with Gasteiger partial charge in [-0.3, -0.25) is 4.90 Å². The molecule has 0 spiro atoms. The molecule has 2 fully saturated rings. The van der Waals surface area contributed by atoms with E-state index in [4.69, 9.17) is 4.74 Å². The van der Waals surface area contributed by atoms with Crippen molar-refractivity contribution in [2.75, 3.05) is 44.7 Å². The Bertz CT molecular complexity index is 606. The zero-order valence-corrected chi connectivity index (χ0v) is 15.9. The minimum Gasteiger partial charge on any atom is -0.444 e. The van der Waals surface area contributed by atoms with Crippen molar-refractivity contribution < 1.29 is 9.53 Å². The van der Waals surface area contributed by atoms with Crippen molar-refractivity contribution in [1.29, 1.82) is 0 Å². The summed E-state index contributed by atoms with van der Waals surface area (Å²) in [6.07, 6.45) is 4.08. The summed E-state index contributed by atoms with van der Waals surface area (Å²) in [5.74, 6) is 1.07. The van der Waals surface area contributed by atoms with Crippen molar-refractivity contribution in [2.45, 2.75) is 45.3 Å². The lowest BCUT2D eigenvalue weighted by atomic mass is 10.0. The summed E-state index contributed by atoms with van der Waals surface area (Å²) in [5.41, 5.74) is 0.864. The largest absolute Gasteiger partial charge is 0.444 e. The van der Waals surface area contributed by atoms with Crippen molar-refractivity contribution >= 4 is 11.9 Å². The van der Waals surface area contributed by atoms with E-state index in [0.29, 0.717) is 19.1 Å². The van der Waals surface area contributed by atoms with Gasteiger partial charge in [-0.2, -0.15) is 0 Å². The first-order valence-corrected chi connectivity index (χ1v) is 9.23. The zero-order chi connectivity index (χ0) is 18.0. The minimum atomic E-state index is -0.449. The molecule has 2 aliphatic heterocycles. The van der Waals surface area contributed by atoms with Crippen LogP contribution in [-0.4, -0.2) is 66.2 Å². The van der Waals surface area contributed by atoms with Gasteiger partial charge in [-0.15, -0.1) is 0 Å². The van der Waals surface area contributed by atoms with Crippen LogP contribution >= 0.6 is 0 Å². The van der Waals surface area contributed by atoms with E-state index in [1.165, 1.54) is 18.4 Å². The Hall–Kier alpha value is -1.82. The third-order valence-corrected chi connectivity index (χ3v) is 4.93. The third kappa shape index (κ3) is 4.24. The Kier molecular flexibility index (Phi) is 5.18. The van der Waals surface area contributed by atoms with Crippen molar-refractivity contribution in [3.63, 3.8) is 0 Å². The standard InChI is InChI=1S/C19H30N4O2/c1-19(2,3)25-18(24)23-13-11-22(12-14-23)17-15(7-5-9-20-17)16-8-6-10-21(16)4/h5,7,9,16H,6,8,10-14H2,1-4H3. The third-order valence-electron chi connectivity index (χ3n) is 4.93. The van der Waals surface area contributed by atoms with Crippen LogP contribution in [0.4, 0.5) is 10.6 Å². The van der Waals surface area contributed by atoms with Gasteiger partial charge in [0, 0.05) is 44.0 Å². The van der Waals surface area contributed by atoms with Gasteiger partial charge >= 0.3 is 6.09 Å². The van der Waals surface area contributed by atoms with E-state index in [-0.39, 0.29) is 6.09 Å². The van der Waals surface area contributed by atoms with Crippen LogP contribution in [0.15, 0.2) is 18.3 Å². The summed E-state index contributed by atoms with van der Waals surface area (Å²) >= 11 is 0. The second-order valence-electron chi connectivity index (χ2n) is 8.01. The van der Waals surface area contributed by atoms with Crippen molar-refractivity contribution in [3.8, 4) is 0 Å². The average Bonchev–Trinajstić information content (AvgIpc) is 2.99. The Morgan fingerprint density at radius 1 is 1.20 bits per heavy atom. The van der Waals surface area contributed by atoms with E-state index >= 15 is 0 Å². The summed E-state index contributed by atoms with van der Waals surface area (Å²) in [6, 6.07) is 4.68. The maximum atomic E-state index is 12.2. The molecule has 2 aliphatic rings. The number of likely N-dealkylation sites (tertiary alicyclic amines) is 1. The van der Waals surface area contributed by atoms with Gasteiger partial charge in [0.25, 0.3) is 0 Å². The van der Waals surface area contributed by atoms with E-state index in [9.17, 15) is 4.79 Å². The molecule has 0 N–H and O–H groups in total. The molecule has 1 amide bonds. The normalized spacial score (nSPS) is 22.3. The highest BCUT2D eigenvalue weighted by Crippen LogP contribution is 2.35. The van der Waals surface area contributed by atoms with E-state index < -0.39 is 5.60 Å². The van der Waals surface area contributed by atoms with Crippen LogP contribution in [0.2, 0.25) is 0 Å². The highest BCUT2D eigenvalue weighted by Gasteiger charge is 2.30. The number of amides is 1. The molecule has 6 heteroatoms. The number of piperazine rings is 1. The van der Waals surface area contributed by atoms with Crippen LogP contribution < -0.4 is 4.90 Å². The van der Waals surface area contributed by atoms with Gasteiger partial charge in [0.05, 0.1) is 0 Å². The summed E-state index contributed by atoms with van der Waals surface area (Å²) in [6.45, 7) is 9.78. The van der Waals surface area contributed by atoms with Crippen LogP contribution in [0.25, 0.3) is 0 Å². The number of hydrogen-bond donors (Lipinski definition) is 0. The molecule has 2 saturated heterocycles. The number of anilines is 1. The first kappa shape index (κ1) is 18.0. The predicted molar refractivity (Wildman–Crippen MR) is 98.9 cm³/mol. The number of aromatic nitrogens is 1. The van der Waals surface area contributed by atoms with Crippen molar-refractivity contribution in [1.82, 2.24) is 14.8 Å². The lowest BCUT2D eigenvalue weighted by Crippen LogP contribution is -2.50. The van der Waals surface area contributed by atoms with Gasteiger partial charge in [-0.1, -0.05) is 6.07 Å². The van der Waals surface area contributed by atoms with Crippen LogP contribution in [0.1, 0.15) is 45.2 Å². The molecule has 6 nitrogen and oxygen atoms in total. The molecule has 3 rings (SSSR count). The SMILES string of the molecule is CN1CCCC1c1cccnc1N1CCN(C(=O)OC(C)(C)C)CC1. The van der Waals surface area contributed by atoms with E-state index in [2.05, 4.69) is 27.9 Å². The summed E-state index contributed by atoms with van der Waals surface area (Å²) < 4.78 is 5.48. The molecule has 0 aliphatic carbocycles.